The maximum absolute atomic E-state index is 10.2. The number of aromatic nitrogens is 2. The van der Waals surface area contributed by atoms with Gasteiger partial charge in [-0.25, -0.2) is 9.97 Å². The van der Waals surface area contributed by atoms with Crippen LogP contribution in [0, 0.1) is 0 Å². The van der Waals surface area contributed by atoms with Gasteiger partial charge in [0.05, 0.1) is 5.69 Å². The number of nitrogens with zero attached hydrogens (tertiary/aromatic N) is 3. The Morgan fingerprint density at radius 3 is 2.46 bits per heavy atom. The molecule has 0 aliphatic heterocycles. The fourth-order valence-corrected chi connectivity index (χ4v) is 2.51. The number of phenolic OH excluding ortho intramolecular Hbond substituents is 1. The van der Waals surface area contributed by atoms with E-state index in [2.05, 4.69) is 15.3 Å². The van der Waals surface area contributed by atoms with Crippen LogP contribution in [0.2, 0.25) is 5.02 Å². The molecule has 3 rings (SSSR count). The van der Waals surface area contributed by atoms with Gasteiger partial charge in [-0.3, -0.25) is 0 Å². The second-order valence-corrected chi connectivity index (χ2v) is 5.69. The molecule has 5 nitrogen and oxygen atoms in total. The first-order valence-corrected chi connectivity index (χ1v) is 7.80. The van der Waals surface area contributed by atoms with Gasteiger partial charge in [0.2, 0.25) is 5.95 Å². The Morgan fingerprint density at radius 2 is 1.75 bits per heavy atom. The van der Waals surface area contributed by atoms with Crippen LogP contribution in [0.3, 0.4) is 0 Å². The van der Waals surface area contributed by atoms with Gasteiger partial charge >= 0.3 is 0 Å². The van der Waals surface area contributed by atoms with Crippen molar-refractivity contribution in [1.82, 2.24) is 9.97 Å². The monoisotopic (exact) mass is 340 g/mol. The molecule has 6 heteroatoms. The highest BCUT2D eigenvalue weighted by molar-refractivity contribution is 6.30. The topological polar surface area (TPSA) is 61.3 Å². The van der Waals surface area contributed by atoms with Gasteiger partial charge in [0, 0.05) is 42.3 Å². The van der Waals surface area contributed by atoms with E-state index in [0.29, 0.717) is 22.2 Å². The van der Waals surface area contributed by atoms with Crippen LogP contribution in [0.5, 0.6) is 5.75 Å². The summed E-state index contributed by atoms with van der Waals surface area (Å²) in [6.07, 6.45) is 1.66. The summed E-state index contributed by atoms with van der Waals surface area (Å²) in [5, 5.41) is 13.8. The first-order valence-electron chi connectivity index (χ1n) is 7.42. The molecule has 2 aromatic carbocycles. The molecule has 1 heterocycles. The summed E-state index contributed by atoms with van der Waals surface area (Å²) < 4.78 is 0. The fourth-order valence-electron chi connectivity index (χ4n) is 2.38. The lowest BCUT2D eigenvalue weighted by Gasteiger charge is -2.20. The van der Waals surface area contributed by atoms with Crippen molar-refractivity contribution in [3.63, 3.8) is 0 Å². The molecule has 0 amide bonds. The maximum Gasteiger partial charge on any atom is 0.222 e. The van der Waals surface area contributed by atoms with Crippen molar-refractivity contribution in [3.05, 3.63) is 59.8 Å². The quantitative estimate of drug-likeness (QED) is 0.741. The molecule has 3 aromatic rings. The van der Waals surface area contributed by atoms with Crippen LogP contribution in [0.25, 0.3) is 11.3 Å². The van der Waals surface area contributed by atoms with Gasteiger partial charge in [-0.15, -0.1) is 0 Å². The highest BCUT2D eigenvalue weighted by Gasteiger charge is 2.11. The van der Waals surface area contributed by atoms with Crippen LogP contribution in [-0.2, 0) is 0 Å². The Morgan fingerprint density at radius 1 is 1.04 bits per heavy atom. The summed E-state index contributed by atoms with van der Waals surface area (Å²) in [7, 11) is 3.71. The van der Waals surface area contributed by atoms with E-state index < -0.39 is 0 Å². The van der Waals surface area contributed by atoms with Crippen LogP contribution in [0.4, 0.5) is 17.3 Å². The molecule has 0 radical (unpaired) electrons. The summed E-state index contributed by atoms with van der Waals surface area (Å²) in [5.74, 6) is 0.673. The summed E-state index contributed by atoms with van der Waals surface area (Å²) in [5.41, 5.74) is 3.22. The zero-order chi connectivity index (χ0) is 17.1. The van der Waals surface area contributed by atoms with Crippen LogP contribution < -0.4 is 10.2 Å². The third kappa shape index (κ3) is 3.26. The van der Waals surface area contributed by atoms with Gasteiger partial charge < -0.3 is 15.3 Å². The molecular formula is C18H17ClN4O. The number of hydrogen-bond acceptors (Lipinski definition) is 5. The molecule has 0 bridgehead atoms. The standard InChI is InChI=1S/C18H17ClN4O/c1-20-18-21-10-9-16(22-18)15-11-14(7-8-17(15)24)23(2)13-5-3-12(19)4-6-13/h3-11,24H,1-2H3,(H,20,21,22). The minimum atomic E-state index is 0.170. The molecule has 0 spiro atoms. The maximum atomic E-state index is 10.2. The summed E-state index contributed by atoms with van der Waals surface area (Å²) in [4.78, 5) is 10.5. The number of hydrogen-bond donors (Lipinski definition) is 2. The molecule has 0 unspecified atom stereocenters. The van der Waals surface area contributed by atoms with E-state index >= 15 is 0 Å². The number of aromatic hydroxyl groups is 1. The van der Waals surface area contributed by atoms with Crippen molar-refractivity contribution in [2.45, 2.75) is 0 Å². The minimum absolute atomic E-state index is 0.170. The van der Waals surface area contributed by atoms with Crippen molar-refractivity contribution in [2.75, 3.05) is 24.3 Å². The lowest BCUT2D eigenvalue weighted by atomic mass is 10.1. The molecule has 0 saturated carbocycles. The van der Waals surface area contributed by atoms with E-state index in [9.17, 15) is 5.11 Å². The Labute approximate surface area is 145 Å². The first kappa shape index (κ1) is 16.1. The van der Waals surface area contributed by atoms with Crippen molar-refractivity contribution in [3.8, 4) is 17.0 Å². The highest BCUT2D eigenvalue weighted by Crippen LogP contribution is 2.34. The molecule has 122 valence electrons. The number of rotatable bonds is 4. The van der Waals surface area contributed by atoms with E-state index in [0.717, 1.165) is 11.4 Å². The molecule has 0 aliphatic carbocycles. The predicted molar refractivity (Wildman–Crippen MR) is 98.2 cm³/mol. The van der Waals surface area contributed by atoms with Gasteiger partial charge in [0.25, 0.3) is 0 Å². The molecule has 1 aromatic heterocycles. The third-order valence-electron chi connectivity index (χ3n) is 3.74. The van der Waals surface area contributed by atoms with Gasteiger partial charge in [-0.1, -0.05) is 11.6 Å². The predicted octanol–water partition coefficient (Wildman–Crippen LogP) is 4.31. The lowest BCUT2D eigenvalue weighted by molar-refractivity contribution is 0.477. The smallest absolute Gasteiger partial charge is 0.222 e. The highest BCUT2D eigenvalue weighted by atomic mass is 35.5. The van der Waals surface area contributed by atoms with Crippen molar-refractivity contribution < 1.29 is 5.11 Å². The van der Waals surface area contributed by atoms with E-state index in [1.54, 1.807) is 25.4 Å². The Kier molecular flexibility index (Phi) is 4.53. The molecule has 0 atom stereocenters. The van der Waals surface area contributed by atoms with E-state index in [1.807, 2.05) is 48.3 Å². The molecular weight excluding hydrogens is 324 g/mol. The second-order valence-electron chi connectivity index (χ2n) is 5.25. The zero-order valence-corrected chi connectivity index (χ0v) is 14.1. The largest absolute Gasteiger partial charge is 0.507 e. The van der Waals surface area contributed by atoms with Crippen molar-refractivity contribution >= 4 is 28.9 Å². The van der Waals surface area contributed by atoms with Gasteiger partial charge in [0.1, 0.15) is 5.75 Å². The fraction of sp³-hybridized carbons (Fsp3) is 0.111. The Hall–Kier alpha value is -2.79. The first-order chi connectivity index (χ1) is 11.6. The number of anilines is 3. The van der Waals surface area contributed by atoms with E-state index in [4.69, 9.17) is 11.6 Å². The van der Waals surface area contributed by atoms with Crippen LogP contribution in [0.1, 0.15) is 0 Å². The van der Waals surface area contributed by atoms with E-state index in [-0.39, 0.29) is 5.75 Å². The summed E-state index contributed by atoms with van der Waals surface area (Å²) in [6.45, 7) is 0. The normalized spacial score (nSPS) is 10.5. The van der Waals surface area contributed by atoms with Crippen LogP contribution in [-0.4, -0.2) is 29.2 Å². The van der Waals surface area contributed by atoms with Crippen LogP contribution >= 0.6 is 11.6 Å². The van der Waals surface area contributed by atoms with Gasteiger partial charge in [-0.2, -0.15) is 0 Å². The van der Waals surface area contributed by atoms with Crippen LogP contribution in [0.15, 0.2) is 54.7 Å². The molecule has 2 N–H and O–H groups in total. The number of halogens is 1. The number of nitrogens with one attached hydrogen (secondary N) is 1. The summed E-state index contributed by atoms with van der Waals surface area (Å²) >= 11 is 5.95. The SMILES string of the molecule is CNc1nccc(-c2cc(N(C)c3ccc(Cl)cc3)ccc2O)n1. The Balaban J connectivity index is 2.00. The Bertz CT molecular complexity index is 852. The molecule has 0 fully saturated rings. The average Bonchev–Trinajstić information content (AvgIpc) is 2.62. The van der Waals surface area contributed by atoms with Gasteiger partial charge in [0.15, 0.2) is 0 Å². The lowest BCUT2D eigenvalue weighted by Crippen LogP contribution is -2.09. The number of phenols is 1. The summed E-state index contributed by atoms with van der Waals surface area (Å²) in [6, 6.07) is 14.8. The zero-order valence-electron chi connectivity index (χ0n) is 13.4. The van der Waals surface area contributed by atoms with Crippen molar-refractivity contribution in [1.29, 1.82) is 0 Å². The molecule has 0 saturated heterocycles. The third-order valence-corrected chi connectivity index (χ3v) is 3.99. The van der Waals surface area contributed by atoms with Crippen molar-refractivity contribution in [2.24, 2.45) is 0 Å². The van der Waals surface area contributed by atoms with E-state index in [1.165, 1.54) is 0 Å². The average molecular weight is 341 g/mol. The number of benzene rings is 2. The van der Waals surface area contributed by atoms with Gasteiger partial charge in [-0.05, 0) is 48.5 Å². The second kappa shape index (κ2) is 6.76. The molecule has 0 aliphatic rings. The molecule has 24 heavy (non-hydrogen) atoms. The minimum Gasteiger partial charge on any atom is -0.507 e.